The van der Waals surface area contributed by atoms with Gasteiger partial charge in [-0.1, -0.05) is 12.5 Å². The lowest BCUT2D eigenvalue weighted by molar-refractivity contribution is 0.126. The third kappa shape index (κ3) is 3.70. The Kier molecular flexibility index (Phi) is 5.21. The van der Waals surface area contributed by atoms with E-state index in [0.29, 0.717) is 17.5 Å². The van der Waals surface area contributed by atoms with Crippen LogP contribution in [0.1, 0.15) is 36.2 Å². The first-order chi connectivity index (χ1) is 16.6. The number of halogens is 1. The lowest BCUT2D eigenvalue weighted by Crippen LogP contribution is -2.43. The first-order valence-electron chi connectivity index (χ1n) is 11.9. The van der Waals surface area contributed by atoms with Gasteiger partial charge in [0.25, 0.3) is 5.56 Å². The van der Waals surface area contributed by atoms with Crippen molar-refractivity contribution in [1.82, 2.24) is 19.0 Å². The van der Waals surface area contributed by atoms with Crippen LogP contribution in [0.15, 0.2) is 59.7 Å². The fraction of sp³-hybridized carbons (Fsp3) is 0.333. The van der Waals surface area contributed by atoms with Gasteiger partial charge in [0, 0.05) is 49.4 Å². The van der Waals surface area contributed by atoms with Crippen LogP contribution in [-0.2, 0) is 26.6 Å². The molecule has 1 atom stereocenters. The van der Waals surface area contributed by atoms with Crippen LogP contribution in [0.25, 0.3) is 16.6 Å². The van der Waals surface area contributed by atoms with E-state index in [-0.39, 0.29) is 12.2 Å². The molecule has 3 aromatic heterocycles. The molecule has 4 aromatic rings. The number of fused-ring (bicyclic) bond motifs is 4. The Labute approximate surface area is 197 Å². The van der Waals surface area contributed by atoms with Crippen LogP contribution in [0.4, 0.5) is 4.39 Å². The molecular formula is C27H27FN4O2. The van der Waals surface area contributed by atoms with E-state index < -0.39 is 5.82 Å². The summed E-state index contributed by atoms with van der Waals surface area (Å²) in [5.74, 6) is 0.0673. The van der Waals surface area contributed by atoms with Gasteiger partial charge in [-0.3, -0.25) is 19.2 Å². The Morgan fingerprint density at radius 3 is 2.88 bits per heavy atom. The molecule has 0 radical (unpaired) electrons. The minimum Gasteiger partial charge on any atom is -0.487 e. The predicted octanol–water partition coefficient (Wildman–Crippen LogP) is 4.35. The van der Waals surface area contributed by atoms with Gasteiger partial charge in [-0.15, -0.1) is 0 Å². The normalized spacial score (nSPS) is 18.0. The monoisotopic (exact) mass is 458 g/mol. The molecule has 1 fully saturated rings. The standard InChI is InChI=1S/C27H27FN4O2/c1-30-25-13-21(7-8-23(25)24-16-31-10-3-2-4-20(31)12-26(24)30)32-11-9-22(14-27(32)33)34-17-19-6-5-18(28)15-29-19/h5-9,11,13-15,20H,2-4,10,12,16-17H2,1H3. The Morgan fingerprint density at radius 2 is 2.06 bits per heavy atom. The van der Waals surface area contributed by atoms with Crippen molar-refractivity contribution in [1.29, 1.82) is 0 Å². The Balaban J connectivity index is 1.28. The number of pyridine rings is 2. The summed E-state index contributed by atoms with van der Waals surface area (Å²) in [6, 6.07) is 13.1. The molecule has 1 aromatic carbocycles. The van der Waals surface area contributed by atoms with Crippen molar-refractivity contribution in [3.8, 4) is 11.4 Å². The summed E-state index contributed by atoms with van der Waals surface area (Å²) < 4.78 is 22.7. The van der Waals surface area contributed by atoms with E-state index in [1.165, 1.54) is 54.6 Å². The molecule has 0 bridgehead atoms. The first kappa shape index (κ1) is 21.1. The van der Waals surface area contributed by atoms with Crippen LogP contribution in [0.5, 0.6) is 5.75 Å². The van der Waals surface area contributed by atoms with Crippen molar-refractivity contribution in [3.63, 3.8) is 0 Å². The van der Waals surface area contributed by atoms with E-state index in [4.69, 9.17) is 4.74 Å². The molecule has 6 nitrogen and oxygen atoms in total. The molecule has 0 amide bonds. The predicted molar refractivity (Wildman–Crippen MR) is 129 cm³/mol. The largest absolute Gasteiger partial charge is 0.487 e. The summed E-state index contributed by atoms with van der Waals surface area (Å²) in [4.78, 5) is 19.5. The van der Waals surface area contributed by atoms with Gasteiger partial charge >= 0.3 is 0 Å². The first-order valence-corrected chi connectivity index (χ1v) is 11.9. The molecule has 0 spiro atoms. The second-order valence-corrected chi connectivity index (χ2v) is 9.34. The summed E-state index contributed by atoms with van der Waals surface area (Å²) in [7, 11) is 2.15. The number of ether oxygens (including phenoxy) is 1. The highest BCUT2D eigenvalue weighted by Gasteiger charge is 2.31. The van der Waals surface area contributed by atoms with Crippen LogP contribution in [0.2, 0.25) is 0 Å². The molecule has 1 saturated heterocycles. The van der Waals surface area contributed by atoms with E-state index in [9.17, 15) is 9.18 Å². The summed E-state index contributed by atoms with van der Waals surface area (Å²) in [6.07, 6.45) is 7.90. The van der Waals surface area contributed by atoms with E-state index in [0.717, 1.165) is 30.4 Å². The fourth-order valence-corrected chi connectivity index (χ4v) is 5.48. The maximum absolute atomic E-state index is 13.0. The number of hydrogen-bond acceptors (Lipinski definition) is 4. The van der Waals surface area contributed by atoms with Crippen LogP contribution in [0.3, 0.4) is 0 Å². The summed E-state index contributed by atoms with van der Waals surface area (Å²) in [5, 5.41) is 1.28. The second-order valence-electron chi connectivity index (χ2n) is 9.34. The minimum absolute atomic E-state index is 0.167. The Bertz CT molecular complexity index is 1420. The van der Waals surface area contributed by atoms with Crippen molar-refractivity contribution >= 4 is 10.9 Å². The average Bonchev–Trinajstić information content (AvgIpc) is 3.13. The van der Waals surface area contributed by atoms with Crippen LogP contribution < -0.4 is 10.3 Å². The van der Waals surface area contributed by atoms with Crippen molar-refractivity contribution < 1.29 is 9.13 Å². The zero-order valence-electron chi connectivity index (χ0n) is 19.2. The molecule has 5 heterocycles. The van der Waals surface area contributed by atoms with E-state index in [1.807, 2.05) is 6.07 Å². The van der Waals surface area contributed by atoms with Crippen molar-refractivity contribution in [2.75, 3.05) is 6.54 Å². The number of aryl methyl sites for hydroxylation is 1. The summed E-state index contributed by atoms with van der Waals surface area (Å²) >= 11 is 0. The Morgan fingerprint density at radius 1 is 1.15 bits per heavy atom. The van der Waals surface area contributed by atoms with Gasteiger partial charge in [-0.2, -0.15) is 0 Å². The molecular weight excluding hydrogens is 431 g/mol. The van der Waals surface area contributed by atoms with Crippen LogP contribution in [0, 0.1) is 5.82 Å². The van der Waals surface area contributed by atoms with E-state index >= 15 is 0 Å². The fourth-order valence-electron chi connectivity index (χ4n) is 5.48. The second kappa shape index (κ2) is 8.40. The number of benzene rings is 1. The van der Waals surface area contributed by atoms with Crippen LogP contribution >= 0.6 is 0 Å². The SMILES string of the molecule is Cn1c2c(c3ccc(-n4ccc(OCc5ccc(F)cn5)cc4=O)cc31)CN1CCCCC1C2. The van der Waals surface area contributed by atoms with Gasteiger partial charge < -0.3 is 9.30 Å². The smallest absolute Gasteiger partial charge is 0.258 e. The number of nitrogens with zero attached hydrogens (tertiary/aromatic N) is 4. The minimum atomic E-state index is -0.391. The van der Waals surface area contributed by atoms with Gasteiger partial charge in [0.05, 0.1) is 23.1 Å². The van der Waals surface area contributed by atoms with Crippen molar-refractivity contribution in [2.45, 2.75) is 44.9 Å². The lowest BCUT2D eigenvalue weighted by atomic mass is 9.91. The molecule has 7 heteroatoms. The summed E-state index contributed by atoms with van der Waals surface area (Å²) in [6.45, 7) is 2.38. The average molecular weight is 459 g/mol. The van der Waals surface area contributed by atoms with E-state index in [2.05, 4.69) is 33.6 Å². The van der Waals surface area contributed by atoms with Crippen molar-refractivity contribution in [3.05, 3.63) is 88.0 Å². The third-order valence-electron chi connectivity index (χ3n) is 7.30. The molecule has 0 saturated carbocycles. The zero-order chi connectivity index (χ0) is 23.2. The molecule has 1 unspecified atom stereocenters. The maximum Gasteiger partial charge on any atom is 0.258 e. The highest BCUT2D eigenvalue weighted by molar-refractivity contribution is 5.87. The van der Waals surface area contributed by atoms with Crippen molar-refractivity contribution in [2.24, 2.45) is 7.05 Å². The zero-order valence-corrected chi connectivity index (χ0v) is 19.2. The molecule has 0 aliphatic carbocycles. The molecule has 6 rings (SSSR count). The number of rotatable bonds is 4. The molecule has 2 aliphatic rings. The molecule has 0 N–H and O–H groups in total. The molecule has 2 aliphatic heterocycles. The lowest BCUT2D eigenvalue weighted by Gasteiger charge is -2.39. The van der Waals surface area contributed by atoms with Gasteiger partial charge in [-0.05, 0) is 55.3 Å². The van der Waals surface area contributed by atoms with Gasteiger partial charge in [-0.25, -0.2) is 4.39 Å². The third-order valence-corrected chi connectivity index (χ3v) is 7.30. The van der Waals surface area contributed by atoms with E-state index in [1.54, 1.807) is 22.9 Å². The highest BCUT2D eigenvalue weighted by Crippen LogP contribution is 2.36. The van der Waals surface area contributed by atoms with Gasteiger partial charge in [0.2, 0.25) is 0 Å². The van der Waals surface area contributed by atoms with Crippen LogP contribution in [-0.4, -0.2) is 31.6 Å². The highest BCUT2D eigenvalue weighted by atomic mass is 19.1. The molecule has 34 heavy (non-hydrogen) atoms. The van der Waals surface area contributed by atoms with Gasteiger partial charge in [0.15, 0.2) is 0 Å². The maximum atomic E-state index is 13.0. The Hall–Kier alpha value is -3.45. The number of hydrogen-bond donors (Lipinski definition) is 0. The number of piperidine rings is 1. The summed E-state index contributed by atoms with van der Waals surface area (Å²) in [5.41, 5.74) is 5.30. The topological polar surface area (TPSA) is 52.3 Å². The van der Waals surface area contributed by atoms with Gasteiger partial charge in [0.1, 0.15) is 18.2 Å². The quantitative estimate of drug-likeness (QED) is 0.456. The molecule has 174 valence electrons. The number of aromatic nitrogens is 3.